The molecule has 4 N–H and O–H groups in total. The summed E-state index contributed by atoms with van der Waals surface area (Å²) >= 11 is 0. The van der Waals surface area contributed by atoms with Crippen LogP contribution in [0, 0.1) is 0 Å². The van der Waals surface area contributed by atoms with Gasteiger partial charge in [-0.3, -0.25) is 4.79 Å². The summed E-state index contributed by atoms with van der Waals surface area (Å²) < 4.78 is 10.3. The lowest BCUT2D eigenvalue weighted by Crippen LogP contribution is -2.28. The Bertz CT molecular complexity index is 452. The maximum atomic E-state index is 12.1. The minimum atomic E-state index is -0.347. The molecule has 0 atom stereocenters. The molecule has 1 rings (SSSR count). The fourth-order valence-corrected chi connectivity index (χ4v) is 1.52. The second-order valence-corrected chi connectivity index (χ2v) is 3.63. The van der Waals surface area contributed by atoms with Crippen LogP contribution in [0.15, 0.2) is 23.4 Å². The Morgan fingerprint density at radius 1 is 1.37 bits per heavy atom. The molecule has 0 aliphatic rings. The van der Waals surface area contributed by atoms with Gasteiger partial charge in [0, 0.05) is 13.0 Å². The Hall–Kier alpha value is -2.44. The number of hydrogen-bond donors (Lipinski definition) is 3. The molecule has 0 aliphatic heterocycles. The van der Waals surface area contributed by atoms with Crippen molar-refractivity contribution in [1.82, 2.24) is 5.32 Å². The van der Waals surface area contributed by atoms with Crippen molar-refractivity contribution in [2.45, 2.75) is 6.42 Å². The van der Waals surface area contributed by atoms with Crippen LogP contribution in [0.2, 0.25) is 0 Å². The van der Waals surface area contributed by atoms with E-state index in [4.69, 9.17) is 20.4 Å². The van der Waals surface area contributed by atoms with Crippen LogP contribution in [-0.2, 0) is 0 Å². The normalized spacial score (nSPS) is 10.9. The second-order valence-electron chi connectivity index (χ2n) is 3.63. The third kappa shape index (κ3) is 3.77. The Morgan fingerprint density at radius 2 is 1.95 bits per heavy atom. The molecule has 1 aromatic carbocycles. The van der Waals surface area contributed by atoms with Crippen molar-refractivity contribution in [3.8, 4) is 11.5 Å². The molecule has 7 heteroatoms. The van der Waals surface area contributed by atoms with Gasteiger partial charge >= 0.3 is 0 Å². The highest BCUT2D eigenvalue weighted by Gasteiger charge is 2.17. The second kappa shape index (κ2) is 7.10. The van der Waals surface area contributed by atoms with E-state index in [1.54, 1.807) is 18.2 Å². The standard InChI is InChI=1S/C12H17N3O4/c1-18-8-4-3-5-9(19-2)11(8)12(16)14-7-6-10(13)15-17/h3-5,17H,6-7H2,1-2H3,(H2,13,15)(H,14,16). The van der Waals surface area contributed by atoms with Crippen molar-refractivity contribution >= 4 is 11.7 Å². The van der Waals surface area contributed by atoms with E-state index in [-0.39, 0.29) is 24.7 Å². The number of nitrogens with one attached hydrogen (secondary N) is 1. The average molecular weight is 267 g/mol. The predicted molar refractivity (Wildman–Crippen MR) is 69.9 cm³/mol. The molecule has 0 fully saturated rings. The molecule has 7 nitrogen and oxygen atoms in total. The van der Waals surface area contributed by atoms with Gasteiger partial charge in [-0.15, -0.1) is 0 Å². The molecule has 1 amide bonds. The monoisotopic (exact) mass is 267 g/mol. The van der Waals surface area contributed by atoms with Gasteiger partial charge in [0.2, 0.25) is 0 Å². The van der Waals surface area contributed by atoms with E-state index in [0.29, 0.717) is 17.1 Å². The molecule has 0 aromatic heterocycles. The smallest absolute Gasteiger partial charge is 0.258 e. The minimum Gasteiger partial charge on any atom is -0.496 e. The number of ether oxygens (including phenoxy) is 2. The fourth-order valence-electron chi connectivity index (χ4n) is 1.52. The summed E-state index contributed by atoms with van der Waals surface area (Å²) in [6, 6.07) is 5.06. The summed E-state index contributed by atoms with van der Waals surface area (Å²) in [5.74, 6) is 0.536. The van der Waals surface area contributed by atoms with Crippen molar-refractivity contribution in [3.63, 3.8) is 0 Å². The third-order valence-electron chi connectivity index (χ3n) is 2.45. The van der Waals surface area contributed by atoms with E-state index in [2.05, 4.69) is 10.5 Å². The highest BCUT2D eigenvalue weighted by molar-refractivity contribution is 5.99. The Balaban J connectivity index is 2.81. The summed E-state index contributed by atoms with van der Waals surface area (Å²) in [7, 11) is 2.95. The zero-order chi connectivity index (χ0) is 14.3. The van der Waals surface area contributed by atoms with Crippen LogP contribution in [0.5, 0.6) is 11.5 Å². The first-order valence-electron chi connectivity index (χ1n) is 5.59. The van der Waals surface area contributed by atoms with E-state index < -0.39 is 0 Å². The number of benzene rings is 1. The first kappa shape index (κ1) is 14.6. The number of methoxy groups -OCH3 is 2. The maximum absolute atomic E-state index is 12.1. The Labute approximate surface area is 111 Å². The summed E-state index contributed by atoms with van der Waals surface area (Å²) in [6.45, 7) is 0.246. The van der Waals surface area contributed by atoms with Crippen LogP contribution >= 0.6 is 0 Å². The van der Waals surface area contributed by atoms with Gasteiger partial charge in [-0.2, -0.15) is 0 Å². The number of oxime groups is 1. The minimum absolute atomic E-state index is 0.0484. The number of hydrogen-bond acceptors (Lipinski definition) is 5. The maximum Gasteiger partial charge on any atom is 0.258 e. The van der Waals surface area contributed by atoms with Gasteiger partial charge in [0.05, 0.1) is 14.2 Å². The number of nitrogens with two attached hydrogens (primary N) is 1. The summed E-state index contributed by atoms with van der Waals surface area (Å²) in [6.07, 6.45) is 0.250. The van der Waals surface area contributed by atoms with Gasteiger partial charge in [0.15, 0.2) is 0 Å². The average Bonchev–Trinajstić information content (AvgIpc) is 2.45. The van der Waals surface area contributed by atoms with Crippen LogP contribution in [0.3, 0.4) is 0 Å². The molecule has 19 heavy (non-hydrogen) atoms. The largest absolute Gasteiger partial charge is 0.496 e. The lowest BCUT2D eigenvalue weighted by atomic mass is 10.1. The summed E-state index contributed by atoms with van der Waals surface area (Å²) in [5.41, 5.74) is 5.62. The van der Waals surface area contributed by atoms with Gasteiger partial charge in [-0.25, -0.2) is 0 Å². The van der Waals surface area contributed by atoms with Crippen molar-refractivity contribution in [1.29, 1.82) is 0 Å². The van der Waals surface area contributed by atoms with E-state index in [0.717, 1.165) is 0 Å². The number of carbonyl (C=O) groups excluding carboxylic acids is 1. The molecule has 0 aliphatic carbocycles. The summed E-state index contributed by atoms with van der Waals surface area (Å²) in [4.78, 5) is 12.1. The lowest BCUT2D eigenvalue weighted by molar-refractivity contribution is 0.0948. The van der Waals surface area contributed by atoms with Crippen LogP contribution in [0.4, 0.5) is 0 Å². The topological polar surface area (TPSA) is 106 Å². The predicted octanol–water partition coefficient (Wildman–Crippen LogP) is 0.570. The third-order valence-corrected chi connectivity index (χ3v) is 2.45. The van der Waals surface area contributed by atoms with Crippen LogP contribution in [-0.4, -0.2) is 37.7 Å². The van der Waals surface area contributed by atoms with Crippen LogP contribution in [0.25, 0.3) is 0 Å². The molecule has 0 saturated heterocycles. The van der Waals surface area contributed by atoms with Gasteiger partial charge in [0.25, 0.3) is 5.91 Å². The van der Waals surface area contributed by atoms with E-state index in [1.165, 1.54) is 14.2 Å². The van der Waals surface area contributed by atoms with Crippen LogP contribution < -0.4 is 20.5 Å². The van der Waals surface area contributed by atoms with Gasteiger partial charge in [0.1, 0.15) is 22.9 Å². The van der Waals surface area contributed by atoms with Gasteiger partial charge in [-0.05, 0) is 12.1 Å². The van der Waals surface area contributed by atoms with Gasteiger partial charge < -0.3 is 25.7 Å². The first-order chi connectivity index (χ1) is 9.13. The van der Waals surface area contributed by atoms with E-state index in [1.807, 2.05) is 0 Å². The highest BCUT2D eigenvalue weighted by atomic mass is 16.5. The van der Waals surface area contributed by atoms with Crippen molar-refractivity contribution in [2.24, 2.45) is 10.9 Å². The van der Waals surface area contributed by atoms with E-state index >= 15 is 0 Å². The van der Waals surface area contributed by atoms with Crippen molar-refractivity contribution in [2.75, 3.05) is 20.8 Å². The number of carbonyl (C=O) groups is 1. The molecule has 0 heterocycles. The number of nitrogens with zero attached hydrogens (tertiary/aromatic N) is 1. The number of amides is 1. The van der Waals surface area contributed by atoms with Crippen LogP contribution in [0.1, 0.15) is 16.8 Å². The molecule has 1 aromatic rings. The van der Waals surface area contributed by atoms with Crippen molar-refractivity contribution in [3.05, 3.63) is 23.8 Å². The molecule has 104 valence electrons. The fraction of sp³-hybridized carbons (Fsp3) is 0.333. The zero-order valence-corrected chi connectivity index (χ0v) is 10.8. The number of rotatable bonds is 6. The van der Waals surface area contributed by atoms with Gasteiger partial charge in [-0.1, -0.05) is 11.2 Å². The lowest BCUT2D eigenvalue weighted by Gasteiger charge is -2.12. The molecule has 0 bridgehead atoms. The molecular weight excluding hydrogens is 250 g/mol. The Kier molecular flexibility index (Phi) is 5.46. The summed E-state index contributed by atoms with van der Waals surface area (Å²) in [5, 5.41) is 13.9. The molecule has 0 spiro atoms. The quantitative estimate of drug-likeness (QED) is 0.302. The number of amidine groups is 1. The van der Waals surface area contributed by atoms with E-state index in [9.17, 15) is 4.79 Å². The Morgan fingerprint density at radius 3 is 2.42 bits per heavy atom. The van der Waals surface area contributed by atoms with Crippen molar-refractivity contribution < 1.29 is 19.5 Å². The molecular formula is C12H17N3O4. The molecule has 0 radical (unpaired) electrons. The SMILES string of the molecule is COc1cccc(OC)c1C(=O)NCCC(N)=NO. The molecule has 0 unspecified atom stereocenters. The first-order valence-corrected chi connectivity index (χ1v) is 5.59. The highest BCUT2D eigenvalue weighted by Crippen LogP contribution is 2.27. The molecule has 0 saturated carbocycles. The zero-order valence-electron chi connectivity index (χ0n) is 10.8.